The molecule has 2 aromatic heterocycles. The minimum Gasteiger partial charge on any atom is -0.489 e. The van der Waals surface area contributed by atoms with Crippen molar-refractivity contribution in [3.8, 4) is 5.75 Å². The van der Waals surface area contributed by atoms with E-state index in [0.717, 1.165) is 53.8 Å². The largest absolute Gasteiger partial charge is 0.489 e. The van der Waals surface area contributed by atoms with Crippen molar-refractivity contribution in [2.24, 2.45) is 0 Å². The fourth-order valence-corrected chi connectivity index (χ4v) is 3.44. The van der Waals surface area contributed by atoms with Crippen LogP contribution in [0.3, 0.4) is 0 Å². The Labute approximate surface area is 182 Å². The summed E-state index contributed by atoms with van der Waals surface area (Å²) in [4.78, 5) is 8.71. The van der Waals surface area contributed by atoms with Crippen LogP contribution in [0.1, 0.15) is 23.2 Å². The van der Waals surface area contributed by atoms with Crippen LogP contribution < -0.4 is 21.5 Å². The number of hydrogen-bond donors (Lipinski definition) is 3. The highest BCUT2D eigenvalue weighted by molar-refractivity contribution is 5.80. The van der Waals surface area contributed by atoms with Gasteiger partial charge >= 0.3 is 0 Å². The standard InChI is InChI=1S/C25H27N5O/c26-24-8-2-5-21(29-24)6-3-13-28-16-18-4-1-7-22(14-18)31-17-19-9-10-20-11-12-25(27)30-23(20)15-19/h1-2,4-5,7-12,14-15,28H,3,6,13,16-17H2,(H2,26,29)(H2,27,30). The monoisotopic (exact) mass is 413 g/mol. The molecule has 0 fully saturated rings. The average molecular weight is 414 g/mol. The van der Waals surface area contributed by atoms with Crippen LogP contribution in [0.15, 0.2) is 72.8 Å². The molecule has 0 bridgehead atoms. The SMILES string of the molecule is Nc1cccc(CCCNCc2cccc(OCc3ccc4ccc(N)nc4c3)c2)n1. The van der Waals surface area contributed by atoms with Crippen LogP contribution in [0, 0.1) is 0 Å². The number of aromatic nitrogens is 2. The summed E-state index contributed by atoms with van der Waals surface area (Å²) in [6.07, 6.45) is 1.92. The Bertz CT molecular complexity index is 1160. The van der Waals surface area contributed by atoms with Crippen molar-refractivity contribution >= 4 is 22.5 Å². The molecule has 4 aromatic rings. The van der Waals surface area contributed by atoms with Gasteiger partial charge in [0.2, 0.25) is 0 Å². The summed E-state index contributed by atoms with van der Waals surface area (Å²) < 4.78 is 6.00. The van der Waals surface area contributed by atoms with Crippen LogP contribution in [-0.4, -0.2) is 16.5 Å². The Morgan fingerprint density at radius 1 is 0.806 bits per heavy atom. The zero-order chi connectivity index (χ0) is 21.5. The summed E-state index contributed by atoms with van der Waals surface area (Å²) in [5.41, 5.74) is 15.7. The number of fused-ring (bicyclic) bond motifs is 1. The smallest absolute Gasteiger partial charge is 0.124 e. The van der Waals surface area contributed by atoms with Gasteiger partial charge in [0, 0.05) is 17.6 Å². The van der Waals surface area contributed by atoms with Gasteiger partial charge < -0.3 is 21.5 Å². The van der Waals surface area contributed by atoms with Crippen LogP contribution in [0.5, 0.6) is 5.75 Å². The first kappa shape index (κ1) is 20.6. The maximum atomic E-state index is 6.00. The third kappa shape index (κ3) is 5.93. The Kier molecular flexibility index (Phi) is 6.59. The molecule has 2 heterocycles. The molecule has 2 aromatic carbocycles. The Balaban J connectivity index is 1.25. The highest BCUT2D eigenvalue weighted by atomic mass is 16.5. The van der Waals surface area contributed by atoms with Crippen LogP contribution in [0.2, 0.25) is 0 Å². The molecule has 0 amide bonds. The molecule has 0 saturated heterocycles. The van der Waals surface area contributed by atoms with E-state index in [1.54, 1.807) is 0 Å². The summed E-state index contributed by atoms with van der Waals surface area (Å²) in [5, 5.41) is 4.55. The van der Waals surface area contributed by atoms with Crippen molar-refractivity contribution in [1.82, 2.24) is 15.3 Å². The molecule has 0 saturated carbocycles. The third-order valence-corrected chi connectivity index (χ3v) is 5.03. The Hall–Kier alpha value is -3.64. The van der Waals surface area contributed by atoms with E-state index in [0.29, 0.717) is 18.2 Å². The zero-order valence-corrected chi connectivity index (χ0v) is 17.4. The number of benzene rings is 2. The number of hydrogen-bond acceptors (Lipinski definition) is 6. The highest BCUT2D eigenvalue weighted by Gasteiger charge is 2.02. The first-order chi connectivity index (χ1) is 15.2. The van der Waals surface area contributed by atoms with Crippen molar-refractivity contribution < 1.29 is 4.74 Å². The molecular formula is C25H27N5O. The summed E-state index contributed by atoms with van der Waals surface area (Å²) in [6.45, 7) is 2.19. The minimum atomic E-state index is 0.483. The second-order valence-electron chi connectivity index (χ2n) is 7.53. The van der Waals surface area contributed by atoms with Gasteiger partial charge in [0.25, 0.3) is 0 Å². The zero-order valence-electron chi connectivity index (χ0n) is 17.4. The van der Waals surface area contributed by atoms with E-state index in [1.165, 1.54) is 5.56 Å². The summed E-state index contributed by atoms with van der Waals surface area (Å²) in [6, 6.07) is 23.8. The summed E-state index contributed by atoms with van der Waals surface area (Å²) >= 11 is 0. The van der Waals surface area contributed by atoms with Crippen LogP contribution in [0.4, 0.5) is 11.6 Å². The van der Waals surface area contributed by atoms with E-state index in [9.17, 15) is 0 Å². The average Bonchev–Trinajstić information content (AvgIpc) is 2.77. The number of pyridine rings is 2. The quantitative estimate of drug-likeness (QED) is 0.357. The number of anilines is 2. The number of nitrogens with one attached hydrogen (secondary N) is 1. The predicted octanol–water partition coefficient (Wildman–Crippen LogP) is 4.10. The van der Waals surface area contributed by atoms with Crippen LogP contribution in [0.25, 0.3) is 10.9 Å². The first-order valence-electron chi connectivity index (χ1n) is 10.4. The molecule has 0 unspecified atom stereocenters. The number of nitrogens with zero attached hydrogens (tertiary/aromatic N) is 2. The number of nitrogen functional groups attached to an aromatic ring is 2. The first-order valence-corrected chi connectivity index (χ1v) is 10.4. The lowest BCUT2D eigenvalue weighted by molar-refractivity contribution is 0.306. The Morgan fingerprint density at radius 2 is 1.65 bits per heavy atom. The molecule has 0 aliphatic carbocycles. The van der Waals surface area contributed by atoms with Crippen LogP contribution >= 0.6 is 0 Å². The topological polar surface area (TPSA) is 99.1 Å². The fourth-order valence-electron chi connectivity index (χ4n) is 3.44. The van der Waals surface area contributed by atoms with Gasteiger partial charge in [-0.25, -0.2) is 9.97 Å². The lowest BCUT2D eigenvalue weighted by Gasteiger charge is -2.10. The predicted molar refractivity (Wildman–Crippen MR) is 126 cm³/mol. The second-order valence-corrected chi connectivity index (χ2v) is 7.53. The molecule has 158 valence electrons. The van der Waals surface area contributed by atoms with Gasteiger partial charge in [0.05, 0.1) is 5.52 Å². The number of ether oxygens (including phenoxy) is 1. The minimum absolute atomic E-state index is 0.483. The van der Waals surface area contributed by atoms with E-state index in [-0.39, 0.29) is 0 Å². The second kappa shape index (κ2) is 9.91. The van der Waals surface area contributed by atoms with Gasteiger partial charge in [-0.2, -0.15) is 0 Å². The van der Waals surface area contributed by atoms with Crippen molar-refractivity contribution in [3.05, 3.63) is 89.6 Å². The van der Waals surface area contributed by atoms with Gasteiger partial charge in [0.15, 0.2) is 0 Å². The maximum Gasteiger partial charge on any atom is 0.124 e. The molecule has 0 aliphatic heterocycles. The van der Waals surface area contributed by atoms with E-state index < -0.39 is 0 Å². The fraction of sp³-hybridized carbons (Fsp3) is 0.200. The molecular weight excluding hydrogens is 386 g/mol. The van der Waals surface area contributed by atoms with Crippen molar-refractivity contribution in [2.45, 2.75) is 26.0 Å². The van der Waals surface area contributed by atoms with Gasteiger partial charge in [-0.15, -0.1) is 0 Å². The van der Waals surface area contributed by atoms with E-state index >= 15 is 0 Å². The molecule has 4 rings (SSSR count). The van der Waals surface area contributed by atoms with Crippen molar-refractivity contribution in [1.29, 1.82) is 0 Å². The van der Waals surface area contributed by atoms with E-state index in [2.05, 4.69) is 33.5 Å². The lowest BCUT2D eigenvalue weighted by Crippen LogP contribution is -2.15. The maximum absolute atomic E-state index is 6.00. The highest BCUT2D eigenvalue weighted by Crippen LogP contribution is 2.19. The number of rotatable bonds is 9. The van der Waals surface area contributed by atoms with Crippen LogP contribution in [-0.2, 0) is 19.6 Å². The summed E-state index contributed by atoms with van der Waals surface area (Å²) in [5.74, 6) is 1.95. The van der Waals surface area contributed by atoms with Crippen molar-refractivity contribution in [3.63, 3.8) is 0 Å². The van der Waals surface area contributed by atoms with Crippen molar-refractivity contribution in [2.75, 3.05) is 18.0 Å². The van der Waals surface area contributed by atoms with Gasteiger partial charge in [0.1, 0.15) is 24.0 Å². The van der Waals surface area contributed by atoms with E-state index in [1.807, 2.05) is 54.6 Å². The van der Waals surface area contributed by atoms with Gasteiger partial charge in [-0.05, 0) is 73.0 Å². The Morgan fingerprint density at radius 3 is 2.55 bits per heavy atom. The molecule has 5 N–H and O–H groups in total. The summed E-state index contributed by atoms with van der Waals surface area (Å²) in [7, 11) is 0. The molecule has 0 spiro atoms. The lowest BCUT2D eigenvalue weighted by atomic mass is 10.1. The van der Waals surface area contributed by atoms with Gasteiger partial charge in [-0.3, -0.25) is 0 Å². The molecule has 0 radical (unpaired) electrons. The molecule has 0 atom stereocenters. The van der Waals surface area contributed by atoms with Gasteiger partial charge in [-0.1, -0.05) is 30.3 Å². The molecule has 0 aliphatic rings. The molecule has 31 heavy (non-hydrogen) atoms. The molecule has 6 nitrogen and oxygen atoms in total. The normalized spacial score (nSPS) is 11.0. The molecule has 6 heteroatoms. The number of nitrogens with two attached hydrogens (primary N) is 2. The third-order valence-electron chi connectivity index (χ3n) is 5.03. The van der Waals surface area contributed by atoms with E-state index in [4.69, 9.17) is 16.2 Å². The number of aryl methyl sites for hydroxylation is 1.